The Balaban J connectivity index is 0.866. The molecule has 2 saturated heterocycles. The van der Waals surface area contributed by atoms with Gasteiger partial charge in [0.2, 0.25) is 11.8 Å². The lowest BCUT2D eigenvalue weighted by atomic mass is 9.82. The van der Waals surface area contributed by atoms with Gasteiger partial charge in [0, 0.05) is 51.1 Å². The van der Waals surface area contributed by atoms with E-state index >= 15 is 8.78 Å². The van der Waals surface area contributed by atoms with Gasteiger partial charge in [-0.25, -0.2) is 23.5 Å². The van der Waals surface area contributed by atoms with Crippen LogP contribution in [0.4, 0.5) is 33.3 Å². The van der Waals surface area contributed by atoms with Gasteiger partial charge in [-0.05, 0) is 88.2 Å². The van der Waals surface area contributed by atoms with Crippen LogP contribution in [0, 0.1) is 17.6 Å². The number of nitrogens with zero attached hydrogens (tertiary/aromatic N) is 6. The number of hydrogen-bond acceptors (Lipinski definition) is 9. The fraction of sp³-hybridized carbons (Fsp3) is 0.450. The quantitative estimate of drug-likeness (QED) is 0.130. The number of rotatable bonds is 8. The number of piperidine rings is 2. The van der Waals surface area contributed by atoms with Crippen molar-refractivity contribution in [3.8, 4) is 0 Å². The second-order valence-electron chi connectivity index (χ2n) is 15.5. The van der Waals surface area contributed by atoms with Gasteiger partial charge in [-0.15, -0.1) is 11.3 Å². The Kier molecular flexibility index (Phi) is 10.6. The van der Waals surface area contributed by atoms with Crippen LogP contribution in [0.5, 0.6) is 0 Å². The second kappa shape index (κ2) is 15.5. The highest BCUT2D eigenvalue weighted by Crippen LogP contribution is 2.41. The molecular weight excluding hydrogens is 784 g/mol. The molecule has 1 aliphatic carbocycles. The van der Waals surface area contributed by atoms with Crippen LogP contribution in [-0.4, -0.2) is 74.4 Å². The van der Waals surface area contributed by atoms with Crippen molar-refractivity contribution in [2.75, 3.05) is 36.9 Å². The summed E-state index contributed by atoms with van der Waals surface area (Å²) in [6, 6.07) is 8.04. The summed E-state index contributed by atoms with van der Waals surface area (Å²) in [4.78, 5) is 63.2. The average molecular weight is 825 g/mol. The number of benzene rings is 2. The largest absolute Gasteiger partial charge is 0.433 e. The summed E-state index contributed by atoms with van der Waals surface area (Å²) >= 11 is 1.42. The van der Waals surface area contributed by atoms with Crippen LogP contribution in [-0.2, 0) is 22.8 Å². The maximum Gasteiger partial charge on any atom is 0.433 e. The SMILES string of the molecule is CN(CC1CCC(c2nc3cc(F)c(NC(=O)c4cccc(C(F)(F)F)n4)cc3s2)CC1)C1CCN(c2ccc(F)c3c2n(C)c(=O)n3C2CCC(=O)NC2=O)CC1. The van der Waals surface area contributed by atoms with Crippen molar-refractivity contribution in [2.45, 2.75) is 75.5 Å². The zero-order valence-electron chi connectivity index (χ0n) is 31.7. The Morgan fingerprint density at radius 3 is 2.40 bits per heavy atom. The van der Waals surface area contributed by atoms with Crippen molar-refractivity contribution in [3.63, 3.8) is 0 Å². The Morgan fingerprint density at radius 2 is 1.69 bits per heavy atom. The molecule has 0 spiro atoms. The third kappa shape index (κ3) is 7.58. The van der Waals surface area contributed by atoms with E-state index < -0.39 is 58.7 Å². The molecule has 5 aromatic rings. The molecule has 2 aliphatic heterocycles. The number of aryl methyl sites for hydroxylation is 1. The number of amides is 3. The van der Waals surface area contributed by atoms with Crippen LogP contribution >= 0.6 is 11.3 Å². The number of carbonyl (C=O) groups excluding carboxylic acids is 3. The molecule has 2 aromatic carbocycles. The summed E-state index contributed by atoms with van der Waals surface area (Å²) in [5.41, 5.74) is -0.688. The predicted molar refractivity (Wildman–Crippen MR) is 208 cm³/mol. The molecular formula is C40H41F5N8O4S. The molecule has 3 fully saturated rings. The standard InChI is InChI=1S/C40H41F5N8O4S/c1-50(23-14-16-52(17-15-23)29-11-10-24(41)34-35(29)51(2)39(57)53(34)30-12-13-33(54)49-37(30)56)20-21-6-8-22(9-7-21)38-48-28-18-25(42)27(19-31(28)58-38)47-36(55)26-4-3-5-32(46-26)40(43,44)45/h3-5,10-11,18-19,21-23,30H,6-9,12-17,20H2,1-2H3,(H,47,55)(H,49,54,56). The molecule has 3 aliphatic rings. The van der Waals surface area contributed by atoms with Crippen LogP contribution in [0.15, 0.2) is 47.3 Å². The molecule has 1 atom stereocenters. The lowest BCUT2D eigenvalue weighted by molar-refractivity contribution is -0.141. The van der Waals surface area contributed by atoms with E-state index in [1.54, 1.807) is 13.1 Å². The number of hydrogen-bond donors (Lipinski definition) is 2. The van der Waals surface area contributed by atoms with Gasteiger partial charge in [-0.3, -0.25) is 28.8 Å². The fourth-order valence-corrected chi connectivity index (χ4v) is 9.93. The second-order valence-corrected chi connectivity index (χ2v) is 16.6. The van der Waals surface area contributed by atoms with Crippen molar-refractivity contribution in [1.82, 2.24) is 29.3 Å². The van der Waals surface area contributed by atoms with E-state index in [1.165, 1.54) is 38.7 Å². The van der Waals surface area contributed by atoms with Crippen molar-refractivity contribution in [1.29, 1.82) is 0 Å². The summed E-state index contributed by atoms with van der Waals surface area (Å²) in [5.74, 6) is -2.64. The number of pyridine rings is 1. The normalized spacial score (nSPS) is 21.0. The molecule has 58 heavy (non-hydrogen) atoms. The summed E-state index contributed by atoms with van der Waals surface area (Å²) in [7, 11) is 3.72. The summed E-state index contributed by atoms with van der Waals surface area (Å²) in [6.07, 6.45) is 1.03. The lowest BCUT2D eigenvalue weighted by Gasteiger charge is -2.40. The third-order valence-corrected chi connectivity index (χ3v) is 13.0. The first-order chi connectivity index (χ1) is 27.7. The van der Waals surface area contributed by atoms with Gasteiger partial charge < -0.3 is 15.1 Å². The number of anilines is 2. The Bertz CT molecular complexity index is 2480. The number of imidazole rings is 1. The maximum absolute atomic E-state index is 15.4. The monoisotopic (exact) mass is 824 g/mol. The van der Waals surface area contributed by atoms with Gasteiger partial charge in [0.25, 0.3) is 5.91 Å². The average Bonchev–Trinajstić information content (AvgIpc) is 3.72. The third-order valence-electron chi connectivity index (χ3n) is 11.9. The Morgan fingerprint density at radius 1 is 0.948 bits per heavy atom. The topological polar surface area (TPSA) is 134 Å². The molecule has 3 amide bonds. The van der Waals surface area contributed by atoms with Crippen molar-refractivity contribution >= 4 is 61.7 Å². The van der Waals surface area contributed by atoms with E-state index in [0.717, 1.165) is 74.0 Å². The number of halogens is 5. The Hall–Kier alpha value is -5.23. The van der Waals surface area contributed by atoms with Gasteiger partial charge >= 0.3 is 11.9 Å². The minimum atomic E-state index is -4.72. The maximum atomic E-state index is 15.4. The van der Waals surface area contributed by atoms with Crippen molar-refractivity contribution in [3.05, 3.63) is 81.0 Å². The van der Waals surface area contributed by atoms with Gasteiger partial charge in [0.15, 0.2) is 0 Å². The molecule has 2 N–H and O–H groups in total. The van der Waals surface area contributed by atoms with Gasteiger partial charge in [0.05, 0.1) is 32.1 Å². The predicted octanol–water partition coefficient (Wildman–Crippen LogP) is 6.75. The minimum Gasteiger partial charge on any atom is -0.370 e. The molecule has 8 rings (SSSR count). The molecule has 0 radical (unpaired) electrons. The Labute approximate surface area is 333 Å². The van der Waals surface area contributed by atoms with Gasteiger partial charge in [0.1, 0.15) is 34.6 Å². The highest BCUT2D eigenvalue weighted by molar-refractivity contribution is 7.18. The smallest absolute Gasteiger partial charge is 0.370 e. The zero-order valence-corrected chi connectivity index (χ0v) is 32.6. The number of imide groups is 1. The highest BCUT2D eigenvalue weighted by atomic mass is 32.1. The minimum absolute atomic E-state index is 0.0656. The number of nitrogens with one attached hydrogen (secondary N) is 2. The number of carbonyl (C=O) groups is 3. The van der Waals surface area contributed by atoms with E-state index in [2.05, 4.69) is 32.5 Å². The van der Waals surface area contributed by atoms with Crippen LogP contribution in [0.2, 0.25) is 0 Å². The van der Waals surface area contributed by atoms with Gasteiger partial charge in [-0.1, -0.05) is 6.07 Å². The molecule has 306 valence electrons. The summed E-state index contributed by atoms with van der Waals surface area (Å²) in [6.45, 7) is 2.33. The molecule has 1 unspecified atom stereocenters. The number of fused-ring (bicyclic) bond motifs is 2. The van der Waals surface area contributed by atoms with Crippen LogP contribution in [0.1, 0.15) is 84.5 Å². The van der Waals surface area contributed by atoms with Crippen LogP contribution in [0.3, 0.4) is 0 Å². The van der Waals surface area contributed by atoms with E-state index in [4.69, 9.17) is 4.98 Å². The molecule has 3 aromatic heterocycles. The summed E-state index contributed by atoms with van der Waals surface area (Å²) < 4.78 is 73.0. The van der Waals surface area contributed by atoms with Crippen LogP contribution < -0.4 is 21.2 Å². The number of alkyl halides is 3. The van der Waals surface area contributed by atoms with Crippen molar-refractivity contribution in [2.24, 2.45) is 13.0 Å². The molecule has 18 heteroatoms. The molecule has 0 bridgehead atoms. The molecule has 12 nitrogen and oxygen atoms in total. The molecule has 1 saturated carbocycles. The summed E-state index contributed by atoms with van der Waals surface area (Å²) in [5, 5.41) is 5.51. The first-order valence-corrected chi connectivity index (χ1v) is 20.1. The molecule has 5 heterocycles. The fourth-order valence-electron chi connectivity index (χ4n) is 8.77. The number of thiazole rings is 1. The number of aromatic nitrogens is 4. The van der Waals surface area contributed by atoms with E-state index in [1.807, 2.05) is 0 Å². The highest BCUT2D eigenvalue weighted by Gasteiger charge is 2.35. The van der Waals surface area contributed by atoms with Crippen LogP contribution in [0.25, 0.3) is 21.3 Å². The first-order valence-electron chi connectivity index (χ1n) is 19.3. The van der Waals surface area contributed by atoms with Gasteiger partial charge in [-0.2, -0.15) is 13.2 Å². The van der Waals surface area contributed by atoms with E-state index in [9.17, 15) is 32.3 Å². The van der Waals surface area contributed by atoms with Crippen molar-refractivity contribution < 1.29 is 36.3 Å². The van der Waals surface area contributed by atoms with E-state index in [-0.39, 0.29) is 30.0 Å². The zero-order chi connectivity index (χ0) is 41.0. The lowest BCUT2D eigenvalue weighted by Crippen LogP contribution is -2.45. The van der Waals surface area contributed by atoms with E-state index in [0.29, 0.717) is 40.8 Å². The first kappa shape index (κ1) is 39.6.